The lowest BCUT2D eigenvalue weighted by atomic mass is 9.58. The Morgan fingerprint density at radius 1 is 1.08 bits per heavy atom. The molecule has 6 aliphatic rings. The second-order valence-corrected chi connectivity index (χ2v) is 13.9. The lowest BCUT2D eigenvalue weighted by Crippen LogP contribution is -2.60. The second-order valence-electron chi connectivity index (χ2n) is 13.9. The Kier molecular flexibility index (Phi) is 5.01. The number of quaternary nitrogens is 1. The Morgan fingerprint density at radius 2 is 1.95 bits per heavy atom. The van der Waals surface area contributed by atoms with E-state index in [0.29, 0.717) is 17.9 Å². The topological polar surface area (TPSA) is 45.6 Å². The average molecular weight is 513 g/mol. The fourth-order valence-electron chi connectivity index (χ4n) is 9.84. The number of likely N-dealkylation sites (N-methyl/N-ethyl adjacent to an activating group) is 1. The first-order valence-electron chi connectivity index (χ1n) is 15.1. The third kappa shape index (κ3) is 3.28. The fourth-order valence-corrected chi connectivity index (χ4v) is 9.84. The van der Waals surface area contributed by atoms with E-state index in [0.717, 1.165) is 45.4 Å². The van der Waals surface area contributed by atoms with E-state index >= 15 is 0 Å². The van der Waals surface area contributed by atoms with Crippen LogP contribution in [0.3, 0.4) is 0 Å². The van der Waals surface area contributed by atoms with Crippen molar-refractivity contribution in [3.8, 4) is 0 Å². The van der Waals surface area contributed by atoms with Crippen LogP contribution in [0.15, 0.2) is 60.0 Å². The molecule has 0 radical (unpaired) electrons. The minimum atomic E-state index is -0.103. The van der Waals surface area contributed by atoms with E-state index in [4.69, 9.17) is 4.74 Å². The van der Waals surface area contributed by atoms with Crippen molar-refractivity contribution in [3.05, 3.63) is 65.5 Å². The molecule has 6 unspecified atom stereocenters. The van der Waals surface area contributed by atoms with Gasteiger partial charge in [-0.3, -0.25) is 9.88 Å². The molecule has 200 valence electrons. The number of aromatic nitrogens is 1. The smallest absolute Gasteiger partial charge is 0.121 e. The summed E-state index contributed by atoms with van der Waals surface area (Å²) in [5.41, 5.74) is 4.62. The van der Waals surface area contributed by atoms with E-state index < -0.39 is 0 Å². The number of hydrogen-bond donors (Lipinski definition) is 1. The van der Waals surface area contributed by atoms with Gasteiger partial charge in [-0.2, -0.15) is 4.65 Å². The molecule has 2 aromatic rings. The number of allylic oxidation sites excluding steroid dienone is 1. The highest BCUT2D eigenvalue weighted by Crippen LogP contribution is 2.69. The van der Waals surface area contributed by atoms with Crippen molar-refractivity contribution in [2.24, 2.45) is 11.3 Å². The highest BCUT2D eigenvalue weighted by Gasteiger charge is 2.66. The molecular weight excluding hydrogens is 470 g/mol. The zero-order chi connectivity index (χ0) is 25.8. The van der Waals surface area contributed by atoms with Gasteiger partial charge < -0.3 is 4.74 Å². The number of benzene rings is 1. The molecule has 2 spiro atoms. The number of rotatable bonds is 2. The quantitative estimate of drug-likeness (QED) is 0.502. The van der Waals surface area contributed by atoms with Gasteiger partial charge in [-0.25, -0.2) is 5.21 Å². The van der Waals surface area contributed by atoms with Crippen molar-refractivity contribution in [3.63, 3.8) is 0 Å². The van der Waals surface area contributed by atoms with E-state index in [1.54, 1.807) is 5.57 Å². The van der Waals surface area contributed by atoms with Crippen LogP contribution < -0.4 is 0 Å². The van der Waals surface area contributed by atoms with Crippen LogP contribution in [0.2, 0.25) is 0 Å². The first-order chi connectivity index (χ1) is 18.3. The molecule has 2 saturated heterocycles. The van der Waals surface area contributed by atoms with Crippen LogP contribution in [0, 0.1) is 11.3 Å². The summed E-state index contributed by atoms with van der Waals surface area (Å²) in [6.07, 6.45) is 18.6. The third-order valence-electron chi connectivity index (χ3n) is 12.0. The molecule has 3 aliphatic carbocycles. The second kappa shape index (κ2) is 8.00. The summed E-state index contributed by atoms with van der Waals surface area (Å²) in [7, 11) is 1.94. The van der Waals surface area contributed by atoms with Gasteiger partial charge in [0.05, 0.1) is 31.3 Å². The summed E-state index contributed by atoms with van der Waals surface area (Å²) in [5, 5.41) is 13.0. The summed E-state index contributed by atoms with van der Waals surface area (Å²) in [4.78, 5) is 7.05. The van der Waals surface area contributed by atoms with Crippen molar-refractivity contribution in [1.29, 1.82) is 0 Å². The zero-order valence-electron chi connectivity index (χ0n) is 23.0. The molecule has 1 aromatic heterocycles. The van der Waals surface area contributed by atoms with Crippen LogP contribution in [-0.2, 0) is 4.74 Å². The van der Waals surface area contributed by atoms with Crippen LogP contribution >= 0.6 is 0 Å². The molecule has 2 bridgehead atoms. The number of hydroxylamine groups is 3. The van der Waals surface area contributed by atoms with E-state index in [9.17, 15) is 5.21 Å². The van der Waals surface area contributed by atoms with Crippen molar-refractivity contribution < 1.29 is 14.6 Å². The lowest BCUT2D eigenvalue weighted by molar-refractivity contribution is -1.09. The van der Waals surface area contributed by atoms with E-state index in [-0.39, 0.29) is 21.3 Å². The summed E-state index contributed by atoms with van der Waals surface area (Å²) in [5.74, 6) is 1.14. The average Bonchev–Trinajstić information content (AvgIpc) is 3.43. The molecule has 1 N–H and O–H groups in total. The number of pyridine rings is 1. The van der Waals surface area contributed by atoms with Crippen LogP contribution in [-0.4, -0.2) is 70.2 Å². The molecule has 8 rings (SSSR count). The van der Waals surface area contributed by atoms with E-state index in [1.165, 1.54) is 54.0 Å². The van der Waals surface area contributed by atoms with Gasteiger partial charge in [0.15, 0.2) is 0 Å². The van der Waals surface area contributed by atoms with E-state index in [2.05, 4.69) is 53.2 Å². The molecule has 4 heterocycles. The Hall–Kier alpha value is -2.05. The standard InChI is InChI=1S/C33H42N3O2/c1-31-11-9-27-20-26-5-6-28(35-15-17-36(2,37)18-16-35)21-32(26)12-13-33(27,38-32)30(31)8-7-29(31)24-4-3-23-10-14-34-22-25(23)19-24/h3-4,9-10,14,19-20,22,28-30,37H,5-8,11-13,15-18,21H2,1-2H3/q+1. The van der Waals surface area contributed by atoms with Gasteiger partial charge in [0.1, 0.15) is 13.1 Å². The van der Waals surface area contributed by atoms with Crippen molar-refractivity contribution >= 4 is 10.8 Å². The van der Waals surface area contributed by atoms with Crippen LogP contribution in [0.25, 0.3) is 10.8 Å². The summed E-state index contributed by atoms with van der Waals surface area (Å²) in [6, 6.07) is 9.78. The normalized spacial score (nSPS) is 41.7. The monoisotopic (exact) mass is 512 g/mol. The maximum Gasteiger partial charge on any atom is 0.121 e. The summed E-state index contributed by atoms with van der Waals surface area (Å²) < 4.78 is 7.72. The van der Waals surface area contributed by atoms with Gasteiger partial charge >= 0.3 is 0 Å². The number of piperazine rings is 1. The first-order valence-corrected chi connectivity index (χ1v) is 15.1. The zero-order valence-corrected chi connectivity index (χ0v) is 23.0. The first kappa shape index (κ1) is 23.8. The van der Waals surface area contributed by atoms with Gasteiger partial charge in [-0.15, -0.1) is 0 Å². The molecule has 38 heavy (non-hydrogen) atoms. The van der Waals surface area contributed by atoms with Gasteiger partial charge in [0, 0.05) is 23.8 Å². The molecule has 1 aromatic carbocycles. The summed E-state index contributed by atoms with van der Waals surface area (Å²) >= 11 is 0. The van der Waals surface area contributed by atoms with Crippen LogP contribution in [0.4, 0.5) is 0 Å². The third-order valence-corrected chi connectivity index (χ3v) is 12.0. The molecule has 5 heteroatoms. The van der Waals surface area contributed by atoms with E-state index in [1.807, 2.05) is 19.4 Å². The van der Waals surface area contributed by atoms with Crippen molar-refractivity contribution in [1.82, 2.24) is 9.88 Å². The maximum absolute atomic E-state index is 10.4. The maximum atomic E-state index is 10.4. The largest absolute Gasteiger partial charge is 0.359 e. The molecular formula is C33H42N3O2+. The van der Waals surface area contributed by atoms with Crippen molar-refractivity contribution in [2.45, 2.75) is 81.5 Å². The van der Waals surface area contributed by atoms with Gasteiger partial charge in [-0.05, 0) is 103 Å². The highest BCUT2D eigenvalue weighted by molar-refractivity contribution is 5.82. The predicted octanol–water partition coefficient (Wildman–Crippen LogP) is 6.00. The summed E-state index contributed by atoms with van der Waals surface area (Å²) in [6.45, 7) is 6.21. The van der Waals surface area contributed by atoms with Gasteiger partial charge in [0.2, 0.25) is 0 Å². The number of fused-ring (bicyclic) bond motifs is 2. The molecule has 5 nitrogen and oxygen atoms in total. The number of hydrogen-bond acceptors (Lipinski definition) is 4. The predicted molar refractivity (Wildman–Crippen MR) is 149 cm³/mol. The van der Waals surface area contributed by atoms with Crippen LogP contribution in [0.5, 0.6) is 0 Å². The minimum Gasteiger partial charge on any atom is -0.359 e. The Bertz CT molecular complexity index is 1360. The highest BCUT2D eigenvalue weighted by atomic mass is 16.5. The van der Waals surface area contributed by atoms with Gasteiger partial charge in [-0.1, -0.05) is 31.2 Å². The SMILES string of the molecule is CC12CC=C3C=C4CCC(N5CC[N+](C)(O)CC5)CC45CCC3(O5)C1CCC2c1ccc2ccncc2c1. The molecule has 3 aliphatic heterocycles. The minimum absolute atomic E-state index is 0.0694. The van der Waals surface area contributed by atoms with Gasteiger partial charge in [0.25, 0.3) is 0 Å². The fraction of sp³-hybridized carbons (Fsp3) is 0.606. The molecule has 2 saturated carbocycles. The number of nitrogens with zero attached hydrogens (tertiary/aromatic N) is 3. The molecule has 4 fully saturated rings. The lowest BCUT2D eigenvalue weighted by Gasteiger charge is -2.55. The Balaban J connectivity index is 1.10. The van der Waals surface area contributed by atoms with Crippen LogP contribution in [0.1, 0.15) is 69.8 Å². The van der Waals surface area contributed by atoms with Crippen molar-refractivity contribution in [2.75, 3.05) is 33.2 Å². The molecule has 6 atom stereocenters. The molecule has 0 amide bonds. The Morgan fingerprint density at radius 3 is 2.82 bits per heavy atom. The Labute approximate surface area is 226 Å². The number of ether oxygens (including phenoxy) is 1.